The Morgan fingerprint density at radius 3 is 2.44 bits per heavy atom. The predicted octanol–water partition coefficient (Wildman–Crippen LogP) is 1.30. The van der Waals surface area contributed by atoms with Crippen molar-refractivity contribution in [3.63, 3.8) is 0 Å². The second-order valence-corrected chi connectivity index (χ2v) is 9.19. The second kappa shape index (κ2) is 6.35. The van der Waals surface area contributed by atoms with Crippen LogP contribution in [-0.2, 0) is 33.5 Å². The second-order valence-electron chi connectivity index (χ2n) is 7.39. The summed E-state index contributed by atoms with van der Waals surface area (Å²) in [5.41, 5.74) is -0.665. The first kappa shape index (κ1) is 18.3. The highest BCUT2D eigenvalue weighted by Crippen LogP contribution is 2.51. The fraction of sp³-hybridized carbons (Fsp3) is 0.812. The van der Waals surface area contributed by atoms with Gasteiger partial charge in [0.25, 0.3) is 21.9 Å². The lowest BCUT2D eigenvalue weighted by Crippen LogP contribution is -2.41. The Kier molecular flexibility index (Phi) is 4.65. The highest BCUT2D eigenvalue weighted by Gasteiger charge is 2.54. The number of fused-ring (bicyclic) bond motifs is 2. The van der Waals surface area contributed by atoms with Gasteiger partial charge < -0.3 is 4.74 Å². The average molecular weight is 373 g/mol. The largest absolute Gasteiger partial charge is 0.459 e. The van der Waals surface area contributed by atoms with E-state index in [1.165, 1.54) is 0 Å². The third-order valence-corrected chi connectivity index (χ3v) is 7.11. The monoisotopic (exact) mass is 373 g/mol. The first-order valence-corrected chi connectivity index (χ1v) is 10.1. The molecule has 0 aromatic rings. The van der Waals surface area contributed by atoms with Crippen molar-refractivity contribution in [1.29, 1.82) is 0 Å². The maximum Gasteiger partial charge on any atom is 0.306 e. The number of hydrogen-bond donors (Lipinski definition) is 0. The molecule has 0 spiro atoms. The standard InChI is InChI=1S/C16H23NO7S/c1-3-15(20)23-16(2)9-10-6-11(16)8-12(7-10)25(21,22)24-17-13(18)4-5-14(17)19/h10-12H,3-9H2,1-2H3. The molecule has 3 rings (SSSR count). The molecule has 4 atom stereocenters. The zero-order valence-corrected chi connectivity index (χ0v) is 15.2. The SMILES string of the molecule is CCC(=O)OC1(C)CC2CC1CC(S(=O)(=O)ON1C(=O)CCC1=O)C2. The van der Waals surface area contributed by atoms with Crippen molar-refractivity contribution in [3.8, 4) is 0 Å². The minimum absolute atomic E-state index is 0.0324. The summed E-state index contributed by atoms with van der Waals surface area (Å²) in [4.78, 5) is 34.9. The molecule has 0 radical (unpaired) electrons. The van der Waals surface area contributed by atoms with Crippen LogP contribution in [0.25, 0.3) is 0 Å². The van der Waals surface area contributed by atoms with Crippen LogP contribution >= 0.6 is 0 Å². The van der Waals surface area contributed by atoms with Crippen LogP contribution in [-0.4, -0.2) is 42.1 Å². The summed E-state index contributed by atoms with van der Waals surface area (Å²) in [5, 5.41) is -0.429. The van der Waals surface area contributed by atoms with Gasteiger partial charge >= 0.3 is 5.97 Å². The van der Waals surface area contributed by atoms with Crippen LogP contribution in [0.3, 0.4) is 0 Å². The van der Waals surface area contributed by atoms with Crippen molar-refractivity contribution in [2.75, 3.05) is 0 Å². The van der Waals surface area contributed by atoms with E-state index in [2.05, 4.69) is 0 Å². The van der Waals surface area contributed by atoms with Crippen molar-refractivity contribution in [1.82, 2.24) is 5.06 Å². The predicted molar refractivity (Wildman–Crippen MR) is 85.1 cm³/mol. The van der Waals surface area contributed by atoms with Gasteiger partial charge in [-0.15, -0.1) is 9.35 Å². The quantitative estimate of drug-likeness (QED) is 0.528. The number of ether oxygens (including phenoxy) is 1. The van der Waals surface area contributed by atoms with Gasteiger partial charge in [-0.25, -0.2) is 0 Å². The van der Waals surface area contributed by atoms with E-state index < -0.39 is 32.8 Å². The Morgan fingerprint density at radius 2 is 1.84 bits per heavy atom. The fourth-order valence-electron chi connectivity index (χ4n) is 4.28. The van der Waals surface area contributed by atoms with E-state index in [4.69, 9.17) is 9.02 Å². The third kappa shape index (κ3) is 3.44. The summed E-state index contributed by atoms with van der Waals surface area (Å²) in [6, 6.07) is 0. The summed E-state index contributed by atoms with van der Waals surface area (Å²) in [5.74, 6) is -1.51. The Balaban J connectivity index is 1.72. The van der Waals surface area contributed by atoms with Gasteiger partial charge in [-0.1, -0.05) is 6.92 Å². The molecule has 25 heavy (non-hydrogen) atoms. The number of imide groups is 1. The van der Waals surface area contributed by atoms with Gasteiger partial charge in [-0.2, -0.15) is 8.42 Å². The maximum absolute atomic E-state index is 12.6. The molecule has 1 heterocycles. The molecule has 0 N–H and O–H groups in total. The van der Waals surface area contributed by atoms with E-state index in [-0.39, 0.29) is 37.1 Å². The highest BCUT2D eigenvalue weighted by molar-refractivity contribution is 7.87. The van der Waals surface area contributed by atoms with Gasteiger partial charge in [0, 0.05) is 25.2 Å². The minimum Gasteiger partial charge on any atom is -0.459 e. The highest BCUT2D eigenvalue weighted by atomic mass is 32.2. The number of amides is 2. The van der Waals surface area contributed by atoms with Crippen LogP contribution in [0.15, 0.2) is 0 Å². The number of carbonyl (C=O) groups is 3. The van der Waals surface area contributed by atoms with E-state index in [0.717, 1.165) is 6.42 Å². The van der Waals surface area contributed by atoms with Gasteiger partial charge in [0.1, 0.15) is 5.60 Å². The molecule has 0 aromatic carbocycles. The normalized spacial score (nSPS) is 35.3. The summed E-state index contributed by atoms with van der Waals surface area (Å²) < 4.78 is 35.6. The topological polar surface area (TPSA) is 107 Å². The number of nitrogens with zero attached hydrogens (tertiary/aromatic N) is 1. The van der Waals surface area contributed by atoms with Gasteiger partial charge in [0.05, 0.1) is 5.25 Å². The summed E-state index contributed by atoms with van der Waals surface area (Å²) >= 11 is 0. The molecule has 9 heteroatoms. The first-order valence-electron chi connectivity index (χ1n) is 8.65. The summed E-state index contributed by atoms with van der Waals surface area (Å²) in [6.45, 7) is 3.58. The lowest BCUT2D eigenvalue weighted by molar-refractivity contribution is -0.164. The van der Waals surface area contributed by atoms with Crippen LogP contribution < -0.4 is 0 Å². The summed E-state index contributed by atoms with van der Waals surface area (Å²) in [7, 11) is -4.10. The number of rotatable bonds is 5. The Bertz CT molecular complexity index is 687. The van der Waals surface area contributed by atoms with E-state index in [1.54, 1.807) is 6.92 Å². The molecule has 3 fully saturated rings. The minimum atomic E-state index is -4.10. The maximum atomic E-state index is 12.6. The van der Waals surface area contributed by atoms with Crippen LogP contribution in [0.4, 0.5) is 0 Å². The molecule has 2 saturated carbocycles. The molecule has 3 aliphatic rings. The van der Waals surface area contributed by atoms with Crippen LogP contribution in [0.5, 0.6) is 0 Å². The van der Waals surface area contributed by atoms with Crippen molar-refractivity contribution in [2.24, 2.45) is 11.8 Å². The van der Waals surface area contributed by atoms with Crippen molar-refractivity contribution < 1.29 is 31.8 Å². The number of hydrogen-bond acceptors (Lipinski definition) is 7. The lowest BCUT2D eigenvalue weighted by Gasteiger charge is -2.33. The molecule has 0 aromatic heterocycles. The number of carbonyl (C=O) groups excluding carboxylic acids is 3. The number of esters is 1. The Labute approximate surface area is 146 Å². The molecule has 2 aliphatic carbocycles. The van der Waals surface area contributed by atoms with Crippen molar-refractivity contribution >= 4 is 27.9 Å². The van der Waals surface area contributed by atoms with E-state index in [0.29, 0.717) is 24.3 Å². The fourth-order valence-corrected chi connectivity index (χ4v) is 5.75. The smallest absolute Gasteiger partial charge is 0.306 e. The molecule has 4 unspecified atom stereocenters. The Morgan fingerprint density at radius 1 is 1.20 bits per heavy atom. The van der Waals surface area contributed by atoms with Crippen molar-refractivity contribution in [3.05, 3.63) is 0 Å². The molecule has 2 bridgehead atoms. The zero-order chi connectivity index (χ0) is 18.4. The van der Waals surface area contributed by atoms with Crippen LogP contribution in [0.1, 0.15) is 58.8 Å². The van der Waals surface area contributed by atoms with Crippen LogP contribution in [0.2, 0.25) is 0 Å². The van der Waals surface area contributed by atoms with Gasteiger partial charge in [0.15, 0.2) is 0 Å². The molecule has 1 saturated heterocycles. The van der Waals surface area contributed by atoms with Crippen molar-refractivity contribution in [2.45, 2.75) is 69.6 Å². The molecule has 8 nitrogen and oxygen atoms in total. The molecular formula is C16H23NO7S. The molecule has 1 aliphatic heterocycles. The zero-order valence-electron chi connectivity index (χ0n) is 14.4. The Hall–Kier alpha value is -1.48. The molecular weight excluding hydrogens is 350 g/mol. The van der Waals surface area contributed by atoms with Gasteiger partial charge in [-0.05, 0) is 38.5 Å². The van der Waals surface area contributed by atoms with E-state index >= 15 is 0 Å². The van der Waals surface area contributed by atoms with E-state index in [9.17, 15) is 22.8 Å². The average Bonchev–Trinajstić information content (AvgIpc) is 2.96. The molecule has 140 valence electrons. The molecule has 2 amide bonds. The van der Waals surface area contributed by atoms with Crippen LogP contribution in [0, 0.1) is 11.8 Å². The summed E-state index contributed by atoms with van der Waals surface area (Å²) in [6.07, 6.45) is 2.32. The van der Waals surface area contributed by atoms with Gasteiger partial charge in [0.2, 0.25) is 0 Å². The lowest BCUT2D eigenvalue weighted by atomic mass is 9.85. The van der Waals surface area contributed by atoms with E-state index in [1.807, 2.05) is 6.92 Å². The third-order valence-electron chi connectivity index (χ3n) is 5.55. The first-order chi connectivity index (χ1) is 11.6. The number of hydroxylamine groups is 2. The van der Waals surface area contributed by atoms with Gasteiger partial charge in [-0.3, -0.25) is 14.4 Å².